The van der Waals surface area contributed by atoms with Crippen LogP contribution in [0.25, 0.3) is 21.5 Å². The van der Waals surface area contributed by atoms with E-state index in [4.69, 9.17) is 34.8 Å². The summed E-state index contributed by atoms with van der Waals surface area (Å²) in [6, 6.07) is 13.5. The van der Waals surface area contributed by atoms with Gasteiger partial charge in [0.15, 0.2) is 0 Å². The molecule has 3 aromatic rings. The SMILES string of the molecule is Clc1ccc(Cl)c2c1c(Cl)cc1ccccc12. The fourth-order valence-electron chi connectivity index (χ4n) is 2.11. The molecular formula is C14H7Cl3. The lowest BCUT2D eigenvalue weighted by atomic mass is 10.0. The first-order valence-corrected chi connectivity index (χ1v) is 6.27. The zero-order valence-electron chi connectivity index (χ0n) is 8.68. The average Bonchev–Trinajstić information content (AvgIpc) is 2.33. The van der Waals surface area contributed by atoms with Crippen LogP contribution < -0.4 is 0 Å². The van der Waals surface area contributed by atoms with Crippen molar-refractivity contribution in [2.45, 2.75) is 0 Å². The number of hydrogen-bond acceptors (Lipinski definition) is 0. The van der Waals surface area contributed by atoms with Crippen LogP contribution >= 0.6 is 34.8 Å². The van der Waals surface area contributed by atoms with Crippen LogP contribution in [0.5, 0.6) is 0 Å². The van der Waals surface area contributed by atoms with Gasteiger partial charge < -0.3 is 0 Å². The lowest BCUT2D eigenvalue weighted by Gasteiger charge is -2.09. The molecule has 3 aromatic carbocycles. The van der Waals surface area contributed by atoms with Crippen LogP contribution in [0.2, 0.25) is 15.1 Å². The van der Waals surface area contributed by atoms with Crippen LogP contribution in [0, 0.1) is 0 Å². The van der Waals surface area contributed by atoms with Crippen LogP contribution in [0.1, 0.15) is 0 Å². The second-order valence-corrected chi connectivity index (χ2v) is 5.08. The Morgan fingerprint density at radius 2 is 1.29 bits per heavy atom. The summed E-state index contributed by atoms with van der Waals surface area (Å²) < 4.78 is 0. The highest BCUT2D eigenvalue weighted by Gasteiger charge is 2.11. The van der Waals surface area contributed by atoms with E-state index in [0.29, 0.717) is 15.1 Å². The molecule has 0 saturated carbocycles. The molecule has 0 atom stereocenters. The van der Waals surface area contributed by atoms with E-state index in [2.05, 4.69) is 0 Å². The predicted octanol–water partition coefficient (Wildman–Crippen LogP) is 5.95. The van der Waals surface area contributed by atoms with Gasteiger partial charge in [0.2, 0.25) is 0 Å². The third kappa shape index (κ3) is 1.68. The van der Waals surface area contributed by atoms with Crippen molar-refractivity contribution >= 4 is 56.3 Å². The maximum Gasteiger partial charge on any atom is 0.0506 e. The van der Waals surface area contributed by atoms with Gasteiger partial charge >= 0.3 is 0 Å². The molecule has 0 aliphatic rings. The normalized spacial score (nSPS) is 11.2. The average molecular weight is 282 g/mol. The van der Waals surface area contributed by atoms with Crippen molar-refractivity contribution < 1.29 is 0 Å². The largest absolute Gasteiger partial charge is 0.0836 e. The summed E-state index contributed by atoms with van der Waals surface area (Å²) >= 11 is 18.7. The van der Waals surface area contributed by atoms with E-state index in [1.54, 1.807) is 12.1 Å². The molecule has 0 bridgehead atoms. The van der Waals surface area contributed by atoms with Crippen molar-refractivity contribution in [3.63, 3.8) is 0 Å². The molecule has 0 aliphatic heterocycles. The molecule has 0 aliphatic carbocycles. The monoisotopic (exact) mass is 280 g/mol. The van der Waals surface area contributed by atoms with Gasteiger partial charge in [0.05, 0.1) is 10.0 Å². The van der Waals surface area contributed by atoms with Crippen LogP contribution in [-0.4, -0.2) is 0 Å². The number of fused-ring (bicyclic) bond motifs is 3. The van der Waals surface area contributed by atoms with E-state index in [-0.39, 0.29) is 0 Å². The quantitative estimate of drug-likeness (QED) is 0.446. The van der Waals surface area contributed by atoms with Gasteiger partial charge in [-0.2, -0.15) is 0 Å². The molecular weight excluding hydrogens is 275 g/mol. The summed E-state index contributed by atoms with van der Waals surface area (Å²) in [7, 11) is 0. The Hall–Kier alpha value is -0.950. The van der Waals surface area contributed by atoms with E-state index in [9.17, 15) is 0 Å². The van der Waals surface area contributed by atoms with E-state index in [1.165, 1.54) is 0 Å². The molecule has 0 heterocycles. The summed E-state index contributed by atoms with van der Waals surface area (Å²) in [5.74, 6) is 0. The summed E-state index contributed by atoms with van der Waals surface area (Å²) in [5.41, 5.74) is 0. The van der Waals surface area contributed by atoms with E-state index >= 15 is 0 Å². The number of halogens is 3. The third-order valence-electron chi connectivity index (χ3n) is 2.85. The van der Waals surface area contributed by atoms with Crippen molar-refractivity contribution in [2.24, 2.45) is 0 Å². The number of hydrogen-bond donors (Lipinski definition) is 0. The minimum Gasteiger partial charge on any atom is -0.0836 e. The Morgan fingerprint density at radius 1 is 0.647 bits per heavy atom. The zero-order valence-corrected chi connectivity index (χ0v) is 10.9. The highest BCUT2D eigenvalue weighted by atomic mass is 35.5. The first-order valence-electron chi connectivity index (χ1n) is 5.13. The second kappa shape index (κ2) is 4.06. The van der Waals surface area contributed by atoms with E-state index < -0.39 is 0 Å². The molecule has 0 aromatic heterocycles. The van der Waals surface area contributed by atoms with Gasteiger partial charge in [-0.15, -0.1) is 0 Å². The van der Waals surface area contributed by atoms with Crippen LogP contribution in [-0.2, 0) is 0 Å². The molecule has 3 heteroatoms. The maximum atomic E-state index is 6.27. The van der Waals surface area contributed by atoms with Gasteiger partial charge in [-0.25, -0.2) is 0 Å². The Labute approximate surface area is 114 Å². The molecule has 0 nitrogen and oxygen atoms in total. The fourth-order valence-corrected chi connectivity index (χ4v) is 2.99. The Balaban J connectivity index is 2.69. The molecule has 0 amide bonds. The standard InChI is InChI=1S/C14H7Cl3/c15-10-5-6-11(16)14-12(17)7-8-3-1-2-4-9(8)13(10)14/h1-7H. The Morgan fingerprint density at radius 3 is 2.06 bits per heavy atom. The van der Waals surface area contributed by atoms with E-state index in [0.717, 1.165) is 21.5 Å². The lowest BCUT2D eigenvalue weighted by Crippen LogP contribution is -1.82. The van der Waals surface area contributed by atoms with Gasteiger partial charge in [0, 0.05) is 15.8 Å². The summed E-state index contributed by atoms with van der Waals surface area (Å²) in [6.07, 6.45) is 0. The van der Waals surface area contributed by atoms with Gasteiger partial charge in [0.25, 0.3) is 0 Å². The van der Waals surface area contributed by atoms with E-state index in [1.807, 2.05) is 30.3 Å². The van der Waals surface area contributed by atoms with Crippen molar-refractivity contribution in [1.82, 2.24) is 0 Å². The van der Waals surface area contributed by atoms with Crippen LogP contribution in [0.3, 0.4) is 0 Å². The number of rotatable bonds is 0. The number of benzene rings is 3. The van der Waals surface area contributed by atoms with Crippen molar-refractivity contribution in [3.05, 3.63) is 57.5 Å². The maximum absolute atomic E-state index is 6.27. The predicted molar refractivity (Wildman–Crippen MR) is 76.5 cm³/mol. The molecule has 17 heavy (non-hydrogen) atoms. The molecule has 0 saturated heterocycles. The van der Waals surface area contributed by atoms with Gasteiger partial charge in [-0.1, -0.05) is 59.1 Å². The third-order valence-corrected chi connectivity index (χ3v) is 3.78. The van der Waals surface area contributed by atoms with Crippen molar-refractivity contribution in [1.29, 1.82) is 0 Å². The van der Waals surface area contributed by atoms with Crippen molar-refractivity contribution in [2.75, 3.05) is 0 Å². The van der Waals surface area contributed by atoms with Gasteiger partial charge in [-0.3, -0.25) is 0 Å². The Bertz CT molecular complexity index is 732. The summed E-state index contributed by atoms with van der Waals surface area (Å²) in [5, 5.41) is 5.80. The highest BCUT2D eigenvalue weighted by molar-refractivity contribution is 6.47. The van der Waals surface area contributed by atoms with Crippen LogP contribution in [0.4, 0.5) is 0 Å². The first-order chi connectivity index (χ1) is 8.18. The molecule has 3 rings (SSSR count). The summed E-state index contributed by atoms with van der Waals surface area (Å²) in [4.78, 5) is 0. The molecule has 0 unspecified atom stereocenters. The smallest absolute Gasteiger partial charge is 0.0506 e. The lowest BCUT2D eigenvalue weighted by molar-refractivity contribution is 1.76. The highest BCUT2D eigenvalue weighted by Crippen LogP contribution is 2.39. The summed E-state index contributed by atoms with van der Waals surface area (Å²) in [6.45, 7) is 0. The van der Waals surface area contributed by atoms with Crippen LogP contribution in [0.15, 0.2) is 42.5 Å². The van der Waals surface area contributed by atoms with Gasteiger partial charge in [-0.05, 0) is 29.0 Å². The first kappa shape index (κ1) is 11.2. The minimum atomic E-state index is 0.625. The second-order valence-electron chi connectivity index (χ2n) is 3.86. The molecule has 0 spiro atoms. The molecule has 0 fully saturated rings. The zero-order chi connectivity index (χ0) is 12.0. The Kier molecular flexibility index (Phi) is 2.67. The minimum absolute atomic E-state index is 0.625. The molecule has 0 N–H and O–H groups in total. The molecule has 0 radical (unpaired) electrons. The fraction of sp³-hybridized carbons (Fsp3) is 0. The topological polar surface area (TPSA) is 0 Å². The molecule has 84 valence electrons. The van der Waals surface area contributed by atoms with Gasteiger partial charge in [0.1, 0.15) is 0 Å². The van der Waals surface area contributed by atoms with Crippen molar-refractivity contribution in [3.8, 4) is 0 Å².